The van der Waals surface area contributed by atoms with Crippen molar-refractivity contribution in [3.8, 4) is 0 Å². The van der Waals surface area contributed by atoms with Gasteiger partial charge in [-0.2, -0.15) is 0 Å². The van der Waals surface area contributed by atoms with Gasteiger partial charge in [-0.15, -0.1) is 0 Å². The van der Waals surface area contributed by atoms with Gasteiger partial charge in [0.25, 0.3) is 0 Å². The van der Waals surface area contributed by atoms with Crippen LogP contribution >= 0.6 is 12.2 Å². The number of ether oxygens (including phenoxy) is 2. The van der Waals surface area contributed by atoms with Gasteiger partial charge in [-0.1, -0.05) is 175 Å². The van der Waals surface area contributed by atoms with Crippen molar-refractivity contribution in [3.05, 3.63) is 0 Å². The van der Waals surface area contributed by atoms with E-state index < -0.39 is 0 Å². The van der Waals surface area contributed by atoms with Crippen molar-refractivity contribution >= 4 is 29.0 Å². The Hall–Kier alpha value is -1.01. The van der Waals surface area contributed by atoms with Gasteiger partial charge in [0.15, 0.2) is 0 Å². The van der Waals surface area contributed by atoms with Crippen LogP contribution in [0, 0.1) is 0 Å². The third-order valence-electron chi connectivity index (χ3n) is 11.1. The topological polar surface area (TPSA) is 55.8 Å². The summed E-state index contributed by atoms with van der Waals surface area (Å²) in [6.45, 7) is 13.0. The molecular weight excluding hydrogens is 687 g/mol. The van der Waals surface area contributed by atoms with Crippen LogP contribution in [0.3, 0.4) is 0 Å². The fourth-order valence-corrected chi connectivity index (χ4v) is 7.54. The molecule has 0 aliphatic rings. The molecule has 0 aromatic rings. The smallest absolute Gasteiger partial charge is 0.306 e. The maximum atomic E-state index is 12.8. The zero-order chi connectivity index (χ0) is 39.6. The summed E-state index contributed by atoms with van der Waals surface area (Å²) in [5.74, 6) is 0.0255. The highest BCUT2D eigenvalue weighted by Gasteiger charge is 2.14. The highest BCUT2D eigenvalue weighted by molar-refractivity contribution is 7.80. The molecule has 0 N–H and O–H groups in total. The number of carbonyl (C=O) groups excluding carboxylic acids is 2. The van der Waals surface area contributed by atoms with E-state index in [1.165, 1.54) is 185 Å². The zero-order valence-corrected chi connectivity index (χ0v) is 37.7. The van der Waals surface area contributed by atoms with Crippen molar-refractivity contribution in [2.24, 2.45) is 0 Å². The number of hydrogen-bond acceptors (Lipinski definition) is 6. The lowest BCUT2D eigenvalue weighted by molar-refractivity contribution is -0.150. The van der Waals surface area contributed by atoms with Crippen LogP contribution in [0.25, 0.3) is 0 Å². The van der Waals surface area contributed by atoms with E-state index in [4.69, 9.17) is 21.7 Å². The van der Waals surface area contributed by atoms with Crippen molar-refractivity contribution < 1.29 is 19.1 Å². The SMILES string of the molecule is CCCCCCCCOC(=O)CCCCCCCN(CCCCCCCC(=O)OC(CCCCCCCC)CCCCCCCC)CCCCC(=S)CC. The summed E-state index contributed by atoms with van der Waals surface area (Å²) in [7, 11) is 0. The maximum Gasteiger partial charge on any atom is 0.306 e. The van der Waals surface area contributed by atoms with Crippen LogP contribution in [-0.2, 0) is 19.1 Å². The quantitative estimate of drug-likeness (QED) is 0.0349. The van der Waals surface area contributed by atoms with E-state index in [1.54, 1.807) is 0 Å². The van der Waals surface area contributed by atoms with Gasteiger partial charge in [0.05, 0.1) is 6.61 Å². The Kier molecular flexibility index (Phi) is 42.3. The second-order valence-corrected chi connectivity index (χ2v) is 17.0. The fraction of sp³-hybridized carbons (Fsp3) is 0.938. The molecule has 54 heavy (non-hydrogen) atoms. The molecule has 0 fully saturated rings. The summed E-state index contributed by atoms with van der Waals surface area (Å²) >= 11 is 5.47. The molecular formula is C48H93NO4S. The standard InChI is InChI=1S/C48H93NO4S/c1-5-9-12-15-20-27-36-45(37-28-21-16-13-10-6-2)53-48(51)40-30-23-19-25-33-42-49(43-34-31-38-46(54)8-4)41-32-24-18-22-29-39-47(50)52-44-35-26-17-14-11-7-3/h45H,5-44H2,1-4H3. The maximum absolute atomic E-state index is 12.8. The summed E-state index contributed by atoms with van der Waals surface area (Å²) in [5, 5.41) is 0. The van der Waals surface area contributed by atoms with Crippen LogP contribution in [-0.4, -0.2) is 54.0 Å². The fourth-order valence-electron chi connectivity index (χ4n) is 7.39. The van der Waals surface area contributed by atoms with E-state index in [9.17, 15) is 9.59 Å². The highest BCUT2D eigenvalue weighted by atomic mass is 32.1. The van der Waals surface area contributed by atoms with Crippen molar-refractivity contribution in [2.75, 3.05) is 26.2 Å². The summed E-state index contributed by atoms with van der Waals surface area (Å²) in [6.07, 6.45) is 42.2. The minimum atomic E-state index is -0.0107. The first-order chi connectivity index (χ1) is 26.5. The van der Waals surface area contributed by atoms with Gasteiger partial charge in [-0.05, 0) is 108 Å². The molecule has 0 aliphatic carbocycles. The molecule has 0 aromatic carbocycles. The van der Waals surface area contributed by atoms with Crippen LogP contribution in [0.5, 0.6) is 0 Å². The first kappa shape index (κ1) is 53.0. The van der Waals surface area contributed by atoms with Gasteiger partial charge in [-0.3, -0.25) is 9.59 Å². The Morgan fingerprint density at radius 2 is 0.815 bits per heavy atom. The molecule has 0 spiro atoms. The van der Waals surface area contributed by atoms with E-state index in [2.05, 4.69) is 32.6 Å². The van der Waals surface area contributed by atoms with Gasteiger partial charge < -0.3 is 14.4 Å². The lowest BCUT2D eigenvalue weighted by atomic mass is 10.0. The van der Waals surface area contributed by atoms with E-state index in [0.717, 1.165) is 57.8 Å². The predicted octanol–water partition coefficient (Wildman–Crippen LogP) is 15.2. The summed E-state index contributed by atoms with van der Waals surface area (Å²) in [6, 6.07) is 0. The third kappa shape index (κ3) is 39.2. The molecule has 0 aromatic heterocycles. The molecule has 0 aliphatic heterocycles. The van der Waals surface area contributed by atoms with Crippen molar-refractivity contribution in [2.45, 2.75) is 265 Å². The number of hydrogen-bond donors (Lipinski definition) is 0. The Bertz CT molecular complexity index is 805. The monoisotopic (exact) mass is 780 g/mol. The number of rotatable bonds is 44. The Balaban J connectivity index is 4.30. The third-order valence-corrected chi connectivity index (χ3v) is 11.6. The average Bonchev–Trinajstić information content (AvgIpc) is 3.17. The first-order valence-corrected chi connectivity index (χ1v) is 24.5. The average molecular weight is 780 g/mol. The first-order valence-electron chi connectivity index (χ1n) is 24.1. The molecule has 0 saturated heterocycles. The normalized spacial score (nSPS) is 11.5. The van der Waals surface area contributed by atoms with E-state index >= 15 is 0 Å². The number of unbranched alkanes of at least 4 members (excludes halogenated alkanes) is 24. The van der Waals surface area contributed by atoms with E-state index in [0.29, 0.717) is 19.4 Å². The Morgan fingerprint density at radius 1 is 0.444 bits per heavy atom. The van der Waals surface area contributed by atoms with Gasteiger partial charge in [0, 0.05) is 12.8 Å². The number of esters is 2. The largest absolute Gasteiger partial charge is 0.466 e. The lowest BCUT2D eigenvalue weighted by Crippen LogP contribution is -2.27. The number of nitrogens with zero attached hydrogens (tertiary/aromatic N) is 1. The molecule has 0 heterocycles. The molecule has 5 nitrogen and oxygen atoms in total. The van der Waals surface area contributed by atoms with E-state index in [1.807, 2.05) is 0 Å². The van der Waals surface area contributed by atoms with Gasteiger partial charge in [-0.25, -0.2) is 0 Å². The van der Waals surface area contributed by atoms with Crippen LogP contribution in [0.4, 0.5) is 0 Å². The Labute approximate surface area is 343 Å². The van der Waals surface area contributed by atoms with Crippen LogP contribution < -0.4 is 0 Å². The molecule has 0 atom stereocenters. The Morgan fingerprint density at radius 3 is 1.30 bits per heavy atom. The summed E-state index contributed by atoms with van der Waals surface area (Å²) in [5.41, 5.74) is 0. The van der Waals surface area contributed by atoms with Crippen molar-refractivity contribution in [1.82, 2.24) is 4.90 Å². The van der Waals surface area contributed by atoms with Crippen LogP contribution in [0.2, 0.25) is 0 Å². The molecule has 0 rings (SSSR count). The van der Waals surface area contributed by atoms with Crippen LogP contribution in [0.15, 0.2) is 0 Å². The number of carbonyl (C=O) groups is 2. The molecule has 0 amide bonds. The molecule has 6 heteroatoms. The molecule has 0 saturated carbocycles. The highest BCUT2D eigenvalue weighted by Crippen LogP contribution is 2.19. The zero-order valence-electron chi connectivity index (χ0n) is 36.9. The molecule has 0 radical (unpaired) electrons. The number of thiocarbonyl (C=S) groups is 1. The van der Waals surface area contributed by atoms with Crippen LogP contribution in [0.1, 0.15) is 259 Å². The minimum Gasteiger partial charge on any atom is -0.466 e. The minimum absolute atomic E-state index is 0.0107. The van der Waals surface area contributed by atoms with Gasteiger partial charge >= 0.3 is 11.9 Å². The molecule has 0 unspecified atom stereocenters. The van der Waals surface area contributed by atoms with Gasteiger partial charge in [0.2, 0.25) is 0 Å². The predicted molar refractivity (Wildman–Crippen MR) is 239 cm³/mol. The van der Waals surface area contributed by atoms with Crippen molar-refractivity contribution in [1.29, 1.82) is 0 Å². The summed E-state index contributed by atoms with van der Waals surface area (Å²) in [4.78, 5) is 28.8. The molecule has 320 valence electrons. The van der Waals surface area contributed by atoms with Gasteiger partial charge in [0.1, 0.15) is 6.10 Å². The van der Waals surface area contributed by atoms with Crippen molar-refractivity contribution in [3.63, 3.8) is 0 Å². The second kappa shape index (κ2) is 43.1. The lowest BCUT2D eigenvalue weighted by Gasteiger charge is -2.22. The molecule has 0 bridgehead atoms. The van der Waals surface area contributed by atoms with E-state index in [-0.39, 0.29) is 18.0 Å². The second-order valence-electron chi connectivity index (χ2n) is 16.4. The summed E-state index contributed by atoms with van der Waals surface area (Å²) < 4.78 is 11.5.